The molecule has 1 unspecified atom stereocenters. The molecule has 0 bridgehead atoms. The topological polar surface area (TPSA) is 84.9 Å². The quantitative estimate of drug-likeness (QED) is 0.674. The fraction of sp³-hybridized carbons (Fsp3) is 0.381. The van der Waals surface area contributed by atoms with Gasteiger partial charge < -0.3 is 14.8 Å². The van der Waals surface area contributed by atoms with E-state index in [2.05, 4.69) is 5.32 Å². The minimum Gasteiger partial charge on any atom is -0.491 e. The van der Waals surface area contributed by atoms with Gasteiger partial charge >= 0.3 is 0 Å². The van der Waals surface area contributed by atoms with Crippen molar-refractivity contribution in [3.8, 4) is 11.5 Å². The van der Waals surface area contributed by atoms with Gasteiger partial charge in [-0.25, -0.2) is 8.42 Å². The summed E-state index contributed by atoms with van der Waals surface area (Å²) < 4.78 is 35.6. The first kappa shape index (κ1) is 22.5. The normalized spacial score (nSPS) is 12.3. The van der Waals surface area contributed by atoms with Crippen LogP contribution in [0.1, 0.15) is 26.3 Å². The molecule has 2 aromatic carbocycles. The molecule has 0 radical (unpaired) electrons. The Hall–Kier alpha value is -2.74. The Morgan fingerprint density at radius 3 is 2.28 bits per heavy atom. The fourth-order valence-corrected chi connectivity index (χ4v) is 3.02. The Morgan fingerprint density at radius 1 is 1.03 bits per heavy atom. The molecule has 2 rings (SSSR count). The number of carbonyl (C=O) groups is 1. The smallest absolute Gasteiger partial charge is 0.261 e. The number of rotatable bonds is 9. The van der Waals surface area contributed by atoms with E-state index in [0.717, 1.165) is 17.6 Å². The van der Waals surface area contributed by atoms with E-state index in [9.17, 15) is 13.2 Å². The molecule has 1 N–H and O–H groups in total. The monoisotopic (exact) mass is 420 g/mol. The number of nitrogens with zero attached hydrogens (tertiary/aromatic N) is 1. The van der Waals surface area contributed by atoms with E-state index in [1.54, 1.807) is 31.2 Å². The Morgan fingerprint density at radius 2 is 1.69 bits per heavy atom. The van der Waals surface area contributed by atoms with Crippen molar-refractivity contribution in [2.45, 2.75) is 39.5 Å². The van der Waals surface area contributed by atoms with Crippen LogP contribution in [0.3, 0.4) is 0 Å². The largest absolute Gasteiger partial charge is 0.491 e. The molecule has 0 aliphatic carbocycles. The molecular weight excluding hydrogens is 392 g/mol. The Kier molecular flexibility index (Phi) is 7.50. The number of benzene rings is 2. The summed E-state index contributed by atoms with van der Waals surface area (Å²) in [6, 6.07) is 14.1. The molecule has 7 nitrogen and oxygen atoms in total. The van der Waals surface area contributed by atoms with Gasteiger partial charge in [0.05, 0.1) is 18.0 Å². The van der Waals surface area contributed by atoms with Crippen LogP contribution in [0.4, 0.5) is 5.69 Å². The van der Waals surface area contributed by atoms with Gasteiger partial charge in [0.1, 0.15) is 11.5 Å². The lowest BCUT2D eigenvalue weighted by Crippen LogP contribution is -2.35. The lowest BCUT2D eigenvalue weighted by molar-refractivity contribution is -0.127. The highest BCUT2D eigenvalue weighted by Gasteiger charge is 2.16. The van der Waals surface area contributed by atoms with Gasteiger partial charge in [0.2, 0.25) is 10.0 Å². The number of hydrogen-bond donors (Lipinski definition) is 1. The predicted molar refractivity (Wildman–Crippen MR) is 114 cm³/mol. The van der Waals surface area contributed by atoms with Crippen molar-refractivity contribution in [2.24, 2.45) is 0 Å². The lowest BCUT2D eigenvalue weighted by atomic mass is 10.2. The van der Waals surface area contributed by atoms with Gasteiger partial charge in [-0.1, -0.05) is 12.1 Å². The van der Waals surface area contributed by atoms with E-state index in [4.69, 9.17) is 9.47 Å². The molecule has 0 aliphatic heterocycles. The zero-order chi connectivity index (χ0) is 21.6. The van der Waals surface area contributed by atoms with Crippen LogP contribution in [-0.4, -0.2) is 39.8 Å². The minimum atomic E-state index is -3.33. The van der Waals surface area contributed by atoms with Crippen molar-refractivity contribution in [1.82, 2.24) is 5.32 Å². The molecule has 0 fully saturated rings. The number of carbonyl (C=O) groups excluding carboxylic acids is 1. The van der Waals surface area contributed by atoms with Crippen molar-refractivity contribution in [2.75, 3.05) is 17.6 Å². The van der Waals surface area contributed by atoms with Crippen molar-refractivity contribution < 1.29 is 22.7 Å². The molecule has 158 valence electrons. The SMILES string of the molecule is CC(C)Oc1cccc(CNC(=O)C(C)Oc2ccc(N(C)S(C)(=O)=O)cc2)c1. The molecule has 8 heteroatoms. The number of sulfonamides is 1. The van der Waals surface area contributed by atoms with Gasteiger partial charge in [0, 0.05) is 13.6 Å². The van der Waals surface area contributed by atoms with Gasteiger partial charge in [-0.2, -0.15) is 0 Å². The summed E-state index contributed by atoms with van der Waals surface area (Å²) in [6.07, 6.45) is 0.509. The van der Waals surface area contributed by atoms with Crippen molar-refractivity contribution in [3.63, 3.8) is 0 Å². The molecule has 0 saturated heterocycles. The van der Waals surface area contributed by atoms with Gasteiger partial charge in [0.25, 0.3) is 5.91 Å². The average Bonchev–Trinajstić information content (AvgIpc) is 2.65. The minimum absolute atomic E-state index is 0.0804. The van der Waals surface area contributed by atoms with Crippen LogP contribution in [0.5, 0.6) is 11.5 Å². The predicted octanol–water partition coefficient (Wildman–Crippen LogP) is 2.95. The Labute approximate surface area is 172 Å². The van der Waals surface area contributed by atoms with Crippen LogP contribution >= 0.6 is 0 Å². The Balaban J connectivity index is 1.91. The summed E-state index contributed by atoms with van der Waals surface area (Å²) in [5, 5.41) is 2.84. The maximum Gasteiger partial charge on any atom is 0.261 e. The summed E-state index contributed by atoms with van der Waals surface area (Å²) >= 11 is 0. The maximum atomic E-state index is 12.3. The molecular formula is C21H28N2O5S. The van der Waals surface area contributed by atoms with Gasteiger partial charge in [-0.05, 0) is 62.7 Å². The molecule has 0 aromatic heterocycles. The van der Waals surface area contributed by atoms with Gasteiger partial charge in [-0.3, -0.25) is 9.10 Å². The number of anilines is 1. The van der Waals surface area contributed by atoms with E-state index in [0.29, 0.717) is 18.0 Å². The standard InChI is InChI=1S/C21H28N2O5S/c1-15(2)27-20-8-6-7-17(13-20)14-22-21(24)16(3)28-19-11-9-18(10-12-19)23(4)29(5,25)26/h6-13,15-16H,14H2,1-5H3,(H,22,24). The Bertz CT molecular complexity index is 926. The zero-order valence-corrected chi connectivity index (χ0v) is 18.2. The maximum absolute atomic E-state index is 12.3. The second kappa shape index (κ2) is 9.65. The third-order valence-corrected chi connectivity index (χ3v) is 5.32. The van der Waals surface area contributed by atoms with Crippen molar-refractivity contribution in [3.05, 3.63) is 54.1 Å². The third kappa shape index (κ3) is 6.98. The molecule has 0 heterocycles. The third-order valence-electron chi connectivity index (χ3n) is 4.12. The van der Waals surface area contributed by atoms with Crippen molar-refractivity contribution in [1.29, 1.82) is 0 Å². The van der Waals surface area contributed by atoms with Crippen LogP contribution in [-0.2, 0) is 21.4 Å². The average molecular weight is 421 g/mol. The molecule has 1 atom stereocenters. The molecule has 0 spiro atoms. The number of hydrogen-bond acceptors (Lipinski definition) is 5. The van der Waals surface area contributed by atoms with Crippen LogP contribution < -0.4 is 19.1 Å². The zero-order valence-electron chi connectivity index (χ0n) is 17.4. The highest BCUT2D eigenvalue weighted by molar-refractivity contribution is 7.92. The van der Waals surface area contributed by atoms with Crippen LogP contribution in [0.15, 0.2) is 48.5 Å². The van der Waals surface area contributed by atoms with Crippen LogP contribution in [0, 0.1) is 0 Å². The number of amides is 1. The molecule has 0 saturated carbocycles. The van der Waals surface area contributed by atoms with E-state index < -0.39 is 16.1 Å². The number of nitrogens with one attached hydrogen (secondary N) is 1. The highest BCUT2D eigenvalue weighted by Crippen LogP contribution is 2.21. The van der Waals surface area contributed by atoms with E-state index in [1.165, 1.54) is 11.4 Å². The first-order chi connectivity index (χ1) is 13.6. The van der Waals surface area contributed by atoms with Crippen LogP contribution in [0.25, 0.3) is 0 Å². The van der Waals surface area contributed by atoms with Crippen LogP contribution in [0.2, 0.25) is 0 Å². The first-order valence-corrected chi connectivity index (χ1v) is 11.1. The summed E-state index contributed by atoms with van der Waals surface area (Å²) in [4.78, 5) is 12.3. The summed E-state index contributed by atoms with van der Waals surface area (Å²) in [5.74, 6) is 0.985. The summed E-state index contributed by atoms with van der Waals surface area (Å²) in [6.45, 7) is 5.93. The summed E-state index contributed by atoms with van der Waals surface area (Å²) in [7, 11) is -1.85. The lowest BCUT2D eigenvalue weighted by Gasteiger charge is -2.18. The first-order valence-electron chi connectivity index (χ1n) is 9.30. The second-order valence-electron chi connectivity index (χ2n) is 7.02. The van der Waals surface area contributed by atoms with Gasteiger partial charge in [0.15, 0.2) is 6.10 Å². The van der Waals surface area contributed by atoms with Gasteiger partial charge in [-0.15, -0.1) is 0 Å². The summed E-state index contributed by atoms with van der Waals surface area (Å²) in [5.41, 5.74) is 1.44. The van der Waals surface area contributed by atoms with Crippen molar-refractivity contribution >= 4 is 21.6 Å². The molecule has 29 heavy (non-hydrogen) atoms. The fourth-order valence-electron chi connectivity index (χ4n) is 2.52. The highest BCUT2D eigenvalue weighted by atomic mass is 32.2. The molecule has 0 aliphatic rings. The van der Waals surface area contributed by atoms with E-state index in [1.807, 2.05) is 38.1 Å². The molecule has 2 aromatic rings. The second-order valence-corrected chi connectivity index (χ2v) is 9.03. The number of ether oxygens (including phenoxy) is 2. The van der Waals surface area contributed by atoms with E-state index in [-0.39, 0.29) is 12.0 Å². The van der Waals surface area contributed by atoms with E-state index >= 15 is 0 Å². The molecule has 1 amide bonds.